The normalized spacial score (nSPS) is 14.9. The van der Waals surface area contributed by atoms with Gasteiger partial charge in [0.25, 0.3) is 0 Å². The van der Waals surface area contributed by atoms with Gasteiger partial charge in [-0.25, -0.2) is 0 Å². The fourth-order valence-corrected chi connectivity index (χ4v) is 10.3. The first-order valence-corrected chi connectivity index (χ1v) is 35.1. The van der Waals surface area contributed by atoms with Gasteiger partial charge in [0.05, 0.1) is 19.1 Å². The number of hydrogen-bond donors (Lipinski definition) is 22. The van der Waals surface area contributed by atoms with Crippen LogP contribution < -0.4 is 104 Å². The number of nitrogens with two attached hydrogens (primary N) is 6. The maximum absolute atomic E-state index is 14.6. The van der Waals surface area contributed by atoms with E-state index in [2.05, 4.69) is 79.1 Å². The number of hydrogen-bond acceptors (Lipinski definition) is 20. The first-order chi connectivity index (χ1) is 50.4. The van der Waals surface area contributed by atoms with E-state index in [1.165, 1.54) is 34.6 Å². The molecular formula is C67H111N21O20. The van der Waals surface area contributed by atoms with Crippen LogP contribution in [0.25, 0.3) is 0 Å². The van der Waals surface area contributed by atoms with E-state index in [0.717, 1.165) is 13.8 Å². The van der Waals surface area contributed by atoms with Crippen LogP contribution in [0.15, 0.2) is 40.3 Å². The number of aliphatic carboxylic acids is 2. The van der Waals surface area contributed by atoms with Crippen molar-refractivity contribution in [3.8, 4) is 0 Å². The summed E-state index contributed by atoms with van der Waals surface area (Å²) in [5, 5.41) is 61.5. The van der Waals surface area contributed by atoms with Crippen molar-refractivity contribution in [2.75, 3.05) is 19.6 Å². The molecule has 1 aromatic rings. The number of guanidine groups is 2. The highest BCUT2D eigenvalue weighted by Gasteiger charge is 2.39. The molecule has 1 aromatic carbocycles. The third-order valence-corrected chi connectivity index (χ3v) is 16.6. The lowest BCUT2D eigenvalue weighted by Crippen LogP contribution is -2.62. The topological polar surface area (TPSA) is 688 Å². The first-order valence-electron chi connectivity index (χ1n) is 35.1. The number of carboxylic acid groups (broad SMARTS) is 2. The molecule has 28 N–H and O–H groups in total. The maximum Gasteiger partial charge on any atom is 0.305 e. The zero-order valence-electron chi connectivity index (χ0n) is 62.7. The Balaban J connectivity index is 3.52. The van der Waals surface area contributed by atoms with Gasteiger partial charge in [0.15, 0.2) is 11.9 Å². The van der Waals surface area contributed by atoms with E-state index in [1.807, 2.05) is 0 Å². The van der Waals surface area contributed by atoms with Crippen molar-refractivity contribution in [2.24, 2.45) is 68.1 Å². The summed E-state index contributed by atoms with van der Waals surface area (Å²) < 4.78 is 0. The molecule has 0 bridgehead atoms. The van der Waals surface area contributed by atoms with E-state index < -0.39 is 241 Å². The van der Waals surface area contributed by atoms with Crippen LogP contribution in [0.2, 0.25) is 0 Å². The summed E-state index contributed by atoms with van der Waals surface area (Å²) in [6.07, 6.45) is -4.86. The molecule has 0 heterocycles. The molecule has 0 unspecified atom stereocenters. The minimum Gasteiger partial charge on any atom is -0.481 e. The Bertz CT molecular complexity index is 3330. The van der Waals surface area contributed by atoms with E-state index in [1.54, 1.807) is 58.0 Å². The molecule has 0 spiro atoms. The number of nitrogens with one attached hydrogen (secondary N) is 13. The van der Waals surface area contributed by atoms with Crippen molar-refractivity contribution >= 4 is 112 Å². The number of amides is 15. The molecule has 0 aromatic heterocycles. The van der Waals surface area contributed by atoms with Crippen LogP contribution in [-0.2, 0) is 87.9 Å². The van der Waals surface area contributed by atoms with Crippen LogP contribution in [0.1, 0.15) is 146 Å². The van der Waals surface area contributed by atoms with Crippen LogP contribution in [0, 0.1) is 23.7 Å². The minimum atomic E-state index is -1.82. The third kappa shape index (κ3) is 36.1. The Morgan fingerprint density at radius 1 is 0.417 bits per heavy atom. The number of aliphatic imine (C=N–C) groups is 2. The molecule has 0 radical (unpaired) electrons. The second-order valence-corrected chi connectivity index (χ2v) is 26.9. The maximum atomic E-state index is 14.6. The predicted molar refractivity (Wildman–Crippen MR) is 390 cm³/mol. The molecule has 1 rings (SSSR count). The summed E-state index contributed by atoms with van der Waals surface area (Å²) in [4.78, 5) is 234. The lowest BCUT2D eigenvalue weighted by molar-refractivity contribution is -0.141. The SMILES string of the molecule is CC[C@H](C)[C@H](NC(=O)[C@@H](NC(=O)[C@H](C)NC(=O)[C@@H](NC(=O)[C@@H](NC(=O)CNC(=O)[C@H](CCCN=C(N)N)NC(=O)[C@H](Cc1ccccc1)NC(=O)[C@H](CCC(=O)O)NC(=O)[C@H](CCC(N)=O)NC(=O)[C@@H](NC(=O)[C@H](CC(=O)O)NC(C)=O)C(C)C)C(C)C)[C@@H](C)O)C(C)C)C(=O)N[C@@H](CCCN=C(N)N)C(N)=O. The van der Waals surface area contributed by atoms with Gasteiger partial charge in [0.2, 0.25) is 88.6 Å². The lowest BCUT2D eigenvalue weighted by Gasteiger charge is -2.30. The number of nitrogens with zero attached hydrogens (tertiary/aromatic N) is 2. The number of rotatable bonds is 50. The smallest absolute Gasteiger partial charge is 0.305 e. The Morgan fingerprint density at radius 2 is 0.815 bits per heavy atom. The zero-order chi connectivity index (χ0) is 82.4. The minimum absolute atomic E-state index is 0.00273. The van der Waals surface area contributed by atoms with Crippen molar-refractivity contribution in [2.45, 2.75) is 225 Å². The highest BCUT2D eigenvalue weighted by atomic mass is 16.4. The third-order valence-electron chi connectivity index (χ3n) is 16.6. The number of carbonyl (C=O) groups is 17. The molecule has 0 aliphatic heterocycles. The molecule has 108 heavy (non-hydrogen) atoms. The van der Waals surface area contributed by atoms with Crippen LogP contribution in [0.5, 0.6) is 0 Å². The molecule has 0 saturated heterocycles. The van der Waals surface area contributed by atoms with E-state index in [9.17, 15) is 96.8 Å². The average Bonchev–Trinajstić information content (AvgIpc) is 0.858. The molecule has 0 aliphatic carbocycles. The van der Waals surface area contributed by atoms with Gasteiger partial charge in [-0.1, -0.05) is 92.1 Å². The van der Waals surface area contributed by atoms with Crippen LogP contribution in [0.4, 0.5) is 0 Å². The standard InChI is InChI=1S/C67H111N21O20/c1-12-34(8)52(64(107)79-39(54(69)97)20-16-26-74-66(70)71)87-63(106)51(33(6)7)85-55(98)35(9)77-65(108)53(36(10)89)88-62(105)49(31(2)3)84-46(92)30-76-56(99)40(21-17-27-75-67(72)73)80-59(102)43(28-38-18-14-13-15-19-38)83-58(101)42(23-25-47(93)94)81-57(100)41(22-24-45(68)91)82-61(104)50(32(4)5)86-60(103)44(29-48(95)96)78-37(11)90/h13-15,18-19,31-36,39-44,49-53,89H,12,16-17,20-30H2,1-11H3,(H2,68,91)(H2,69,97)(H,76,99)(H,77,108)(H,78,90)(H,79,107)(H,80,102)(H,81,100)(H,82,104)(H,83,101)(H,84,92)(H,85,98)(H,86,103)(H,87,106)(H,88,105)(H,93,94)(H,95,96)(H4,70,71,74)(H4,72,73,75)/t34-,35-,36+,39-,40-,41-,42-,43-,44-,49-,50-,51-,52-,53-/m0/s1. The van der Waals surface area contributed by atoms with Crippen LogP contribution >= 0.6 is 0 Å². The molecule has 0 aliphatic rings. The molecule has 0 fully saturated rings. The molecule has 15 amide bonds. The quantitative estimate of drug-likeness (QED) is 0.0164. The lowest BCUT2D eigenvalue weighted by atomic mass is 9.95. The Hall–Kier alpha value is -11.3. The number of carboxylic acids is 2. The van der Waals surface area contributed by atoms with Gasteiger partial charge in [-0.2, -0.15) is 0 Å². The van der Waals surface area contributed by atoms with E-state index in [4.69, 9.17) is 34.4 Å². The fraction of sp³-hybridized carbons (Fsp3) is 0.627. The van der Waals surface area contributed by atoms with Crippen molar-refractivity contribution < 1.29 is 96.8 Å². The summed E-state index contributed by atoms with van der Waals surface area (Å²) in [5.41, 5.74) is 33.2. The van der Waals surface area contributed by atoms with Crippen molar-refractivity contribution in [3.05, 3.63) is 35.9 Å². The average molecular weight is 1530 g/mol. The summed E-state index contributed by atoms with van der Waals surface area (Å²) in [6.45, 7) is 15.2. The van der Waals surface area contributed by atoms with Crippen molar-refractivity contribution in [1.82, 2.24) is 69.1 Å². The van der Waals surface area contributed by atoms with Crippen LogP contribution in [0.3, 0.4) is 0 Å². The molecule has 41 nitrogen and oxygen atoms in total. The number of aliphatic hydroxyl groups is 1. The predicted octanol–water partition coefficient (Wildman–Crippen LogP) is -7.20. The second-order valence-electron chi connectivity index (χ2n) is 26.9. The Labute approximate surface area is 625 Å². The highest BCUT2D eigenvalue weighted by Crippen LogP contribution is 2.15. The van der Waals surface area contributed by atoms with Gasteiger partial charge in [0, 0.05) is 39.3 Å². The number of primary amides is 2. The summed E-state index contributed by atoms with van der Waals surface area (Å²) >= 11 is 0. The number of benzene rings is 1. The van der Waals surface area contributed by atoms with Gasteiger partial charge >= 0.3 is 11.9 Å². The van der Waals surface area contributed by atoms with Gasteiger partial charge in [-0.05, 0) is 81.6 Å². The number of aliphatic hydroxyl groups excluding tert-OH is 1. The largest absolute Gasteiger partial charge is 0.481 e. The number of carbonyl (C=O) groups excluding carboxylic acids is 15. The van der Waals surface area contributed by atoms with Gasteiger partial charge in [-0.15, -0.1) is 0 Å². The summed E-state index contributed by atoms with van der Waals surface area (Å²) in [6, 6.07) is -10.3. The van der Waals surface area contributed by atoms with E-state index in [0.29, 0.717) is 12.0 Å². The molecule has 41 heteroatoms. The Kier molecular flexibility index (Phi) is 42.1. The van der Waals surface area contributed by atoms with E-state index in [-0.39, 0.29) is 57.1 Å². The summed E-state index contributed by atoms with van der Waals surface area (Å²) in [7, 11) is 0. The van der Waals surface area contributed by atoms with Crippen LogP contribution in [-0.4, -0.2) is 226 Å². The summed E-state index contributed by atoms with van der Waals surface area (Å²) in [5.74, 6) is -20.7. The fourth-order valence-electron chi connectivity index (χ4n) is 10.3. The van der Waals surface area contributed by atoms with Gasteiger partial charge < -0.3 is 119 Å². The highest BCUT2D eigenvalue weighted by molar-refractivity contribution is 6.00. The van der Waals surface area contributed by atoms with E-state index >= 15 is 0 Å². The first kappa shape index (κ1) is 94.7. The van der Waals surface area contributed by atoms with Gasteiger partial charge in [0.1, 0.15) is 72.5 Å². The second kappa shape index (κ2) is 48.0. The molecule has 604 valence electrons. The molecule has 0 saturated carbocycles. The van der Waals surface area contributed by atoms with Crippen molar-refractivity contribution in [1.29, 1.82) is 0 Å². The van der Waals surface area contributed by atoms with Gasteiger partial charge in [-0.3, -0.25) is 91.5 Å². The molecular weight excluding hydrogens is 1420 g/mol. The molecule has 14 atom stereocenters. The monoisotopic (exact) mass is 1530 g/mol. The van der Waals surface area contributed by atoms with Crippen molar-refractivity contribution in [3.63, 3.8) is 0 Å². The zero-order valence-corrected chi connectivity index (χ0v) is 62.7. The Morgan fingerprint density at radius 3 is 1.27 bits per heavy atom.